The van der Waals surface area contributed by atoms with Crippen molar-refractivity contribution < 1.29 is 19.1 Å². The summed E-state index contributed by atoms with van der Waals surface area (Å²) in [5.74, 6) is 1.49. The summed E-state index contributed by atoms with van der Waals surface area (Å²) in [5, 5.41) is 2.58. The van der Waals surface area contributed by atoms with Crippen LogP contribution in [0.15, 0.2) is 47.4 Å². The average Bonchev–Trinajstić information content (AvgIpc) is 2.68. The number of ketones is 1. The van der Waals surface area contributed by atoms with Gasteiger partial charge in [-0.1, -0.05) is 6.92 Å². The highest BCUT2D eigenvalue weighted by Gasteiger charge is 2.19. The molecule has 2 aromatic carbocycles. The van der Waals surface area contributed by atoms with Gasteiger partial charge in [0.1, 0.15) is 13.2 Å². The number of anilines is 1. The van der Waals surface area contributed by atoms with E-state index in [4.69, 9.17) is 9.47 Å². The van der Waals surface area contributed by atoms with Crippen LogP contribution in [0, 0.1) is 0 Å². The lowest BCUT2D eigenvalue weighted by atomic mass is 10.1. The van der Waals surface area contributed by atoms with E-state index in [9.17, 15) is 9.59 Å². The van der Waals surface area contributed by atoms with Crippen molar-refractivity contribution in [1.29, 1.82) is 0 Å². The van der Waals surface area contributed by atoms with Crippen molar-refractivity contribution in [2.45, 2.75) is 36.8 Å². The Kier molecular flexibility index (Phi) is 6.40. The van der Waals surface area contributed by atoms with Gasteiger partial charge < -0.3 is 14.8 Å². The van der Waals surface area contributed by atoms with Crippen molar-refractivity contribution in [2.75, 3.05) is 18.5 Å². The molecular weight excluding hydrogens is 362 g/mol. The van der Waals surface area contributed by atoms with Gasteiger partial charge in [-0.3, -0.25) is 9.59 Å². The number of Topliss-reactive ketones (excluding diaryl/α,β-unsaturated/α-hetero) is 1. The quantitative estimate of drug-likeness (QED) is 0.559. The summed E-state index contributed by atoms with van der Waals surface area (Å²) in [6.45, 7) is 4.95. The molecule has 0 saturated heterocycles. The summed E-state index contributed by atoms with van der Waals surface area (Å²) < 4.78 is 11.1. The number of hydrogen-bond acceptors (Lipinski definition) is 5. The number of rotatable bonds is 7. The van der Waals surface area contributed by atoms with E-state index in [1.165, 1.54) is 11.8 Å². The SMILES string of the molecule is CCCC(=O)Nc1ccc(C(=O)C(C)Sc2ccc3c(c2)OCCO3)cc1. The monoisotopic (exact) mass is 385 g/mol. The number of hydrogen-bond donors (Lipinski definition) is 1. The van der Waals surface area contributed by atoms with E-state index < -0.39 is 0 Å². The Bertz CT molecular complexity index is 819. The standard InChI is InChI=1S/C21H23NO4S/c1-3-4-20(23)22-16-7-5-15(6-8-16)21(24)14(2)27-17-9-10-18-19(13-17)26-12-11-25-18/h5-10,13-14H,3-4,11-12H2,1-2H3,(H,22,23). The van der Waals surface area contributed by atoms with E-state index in [0.717, 1.165) is 22.8 Å². The molecule has 1 unspecified atom stereocenters. The van der Waals surface area contributed by atoms with Gasteiger partial charge in [0.15, 0.2) is 17.3 Å². The number of carbonyl (C=O) groups is 2. The van der Waals surface area contributed by atoms with Gasteiger partial charge in [0.05, 0.1) is 5.25 Å². The Morgan fingerprint density at radius 1 is 1.07 bits per heavy atom. The second-order valence-corrected chi connectivity index (χ2v) is 7.72. The molecule has 6 heteroatoms. The van der Waals surface area contributed by atoms with Gasteiger partial charge in [0.25, 0.3) is 0 Å². The molecule has 0 saturated carbocycles. The van der Waals surface area contributed by atoms with Gasteiger partial charge in [0.2, 0.25) is 5.91 Å². The van der Waals surface area contributed by atoms with Crippen LogP contribution in [0.2, 0.25) is 0 Å². The summed E-state index contributed by atoms with van der Waals surface area (Å²) in [5.41, 5.74) is 1.33. The maximum Gasteiger partial charge on any atom is 0.224 e. The minimum atomic E-state index is -0.243. The molecule has 1 aliphatic rings. The third kappa shape index (κ3) is 5.04. The molecule has 1 atom stereocenters. The van der Waals surface area contributed by atoms with E-state index >= 15 is 0 Å². The third-order valence-electron chi connectivity index (χ3n) is 4.13. The molecule has 1 amide bonds. The first-order valence-corrected chi connectivity index (χ1v) is 9.95. The van der Waals surface area contributed by atoms with Crippen molar-refractivity contribution in [2.24, 2.45) is 0 Å². The summed E-state index contributed by atoms with van der Waals surface area (Å²) >= 11 is 1.49. The second kappa shape index (κ2) is 8.95. The molecule has 0 bridgehead atoms. The molecular formula is C21H23NO4S. The Morgan fingerprint density at radius 2 is 1.78 bits per heavy atom. The van der Waals surface area contributed by atoms with Gasteiger partial charge in [-0.2, -0.15) is 0 Å². The van der Waals surface area contributed by atoms with Gasteiger partial charge in [0, 0.05) is 22.6 Å². The number of fused-ring (bicyclic) bond motifs is 1. The van der Waals surface area contributed by atoms with Crippen LogP contribution in [0.25, 0.3) is 0 Å². The first-order valence-electron chi connectivity index (χ1n) is 9.07. The predicted molar refractivity (Wildman–Crippen MR) is 107 cm³/mol. The summed E-state index contributed by atoms with van der Waals surface area (Å²) in [7, 11) is 0. The summed E-state index contributed by atoms with van der Waals surface area (Å²) in [6.07, 6.45) is 1.29. The van der Waals surface area contributed by atoms with Crippen molar-refractivity contribution in [3.63, 3.8) is 0 Å². The highest BCUT2D eigenvalue weighted by atomic mass is 32.2. The molecule has 3 rings (SSSR count). The number of ether oxygens (including phenoxy) is 2. The Hall–Kier alpha value is -2.47. The van der Waals surface area contributed by atoms with Crippen LogP contribution < -0.4 is 14.8 Å². The fourth-order valence-corrected chi connectivity index (χ4v) is 3.73. The van der Waals surface area contributed by atoms with E-state index in [0.29, 0.717) is 30.9 Å². The smallest absolute Gasteiger partial charge is 0.224 e. The zero-order chi connectivity index (χ0) is 19.2. The third-order valence-corrected chi connectivity index (χ3v) is 5.22. The molecule has 1 aliphatic heterocycles. The fourth-order valence-electron chi connectivity index (χ4n) is 2.76. The molecule has 2 aromatic rings. The summed E-state index contributed by atoms with van der Waals surface area (Å²) in [6, 6.07) is 12.8. The first-order chi connectivity index (χ1) is 13.1. The van der Waals surface area contributed by atoms with Gasteiger partial charge in [-0.25, -0.2) is 0 Å². The maximum absolute atomic E-state index is 12.7. The Balaban J connectivity index is 1.62. The lowest BCUT2D eigenvalue weighted by Crippen LogP contribution is -2.16. The van der Waals surface area contributed by atoms with Crippen molar-refractivity contribution in [1.82, 2.24) is 0 Å². The van der Waals surface area contributed by atoms with Crippen LogP contribution in [0.3, 0.4) is 0 Å². The van der Waals surface area contributed by atoms with E-state index in [1.54, 1.807) is 24.3 Å². The lowest BCUT2D eigenvalue weighted by molar-refractivity contribution is -0.116. The molecule has 0 fully saturated rings. The topological polar surface area (TPSA) is 64.6 Å². The Labute approximate surface area is 163 Å². The minimum Gasteiger partial charge on any atom is -0.486 e. The minimum absolute atomic E-state index is 0.0147. The maximum atomic E-state index is 12.7. The molecule has 0 radical (unpaired) electrons. The van der Waals surface area contributed by atoms with Crippen LogP contribution in [0.1, 0.15) is 37.0 Å². The molecule has 27 heavy (non-hydrogen) atoms. The predicted octanol–water partition coefficient (Wildman–Crippen LogP) is 4.56. The van der Waals surface area contributed by atoms with Crippen LogP contribution in [0.5, 0.6) is 11.5 Å². The van der Waals surface area contributed by atoms with Gasteiger partial charge in [-0.15, -0.1) is 11.8 Å². The molecule has 1 heterocycles. The van der Waals surface area contributed by atoms with E-state index in [2.05, 4.69) is 5.32 Å². The fraction of sp³-hybridized carbons (Fsp3) is 0.333. The first kappa shape index (κ1) is 19.3. The zero-order valence-corrected chi connectivity index (χ0v) is 16.3. The molecule has 0 aliphatic carbocycles. The highest BCUT2D eigenvalue weighted by Crippen LogP contribution is 2.36. The average molecular weight is 385 g/mol. The lowest BCUT2D eigenvalue weighted by Gasteiger charge is -2.19. The van der Waals surface area contributed by atoms with E-state index in [1.807, 2.05) is 32.0 Å². The van der Waals surface area contributed by atoms with Crippen molar-refractivity contribution >= 4 is 29.1 Å². The highest BCUT2D eigenvalue weighted by molar-refractivity contribution is 8.00. The molecule has 1 N–H and O–H groups in total. The number of nitrogens with one attached hydrogen (secondary N) is 1. The Morgan fingerprint density at radius 3 is 2.48 bits per heavy atom. The van der Waals surface area contributed by atoms with Crippen LogP contribution in [-0.4, -0.2) is 30.2 Å². The van der Waals surface area contributed by atoms with Gasteiger partial charge >= 0.3 is 0 Å². The van der Waals surface area contributed by atoms with Crippen LogP contribution >= 0.6 is 11.8 Å². The van der Waals surface area contributed by atoms with Crippen molar-refractivity contribution in [3.05, 3.63) is 48.0 Å². The van der Waals surface area contributed by atoms with Crippen LogP contribution in [0.4, 0.5) is 5.69 Å². The van der Waals surface area contributed by atoms with E-state index in [-0.39, 0.29) is 16.9 Å². The largest absolute Gasteiger partial charge is 0.486 e. The van der Waals surface area contributed by atoms with Crippen LogP contribution in [-0.2, 0) is 4.79 Å². The summed E-state index contributed by atoms with van der Waals surface area (Å²) in [4.78, 5) is 25.3. The zero-order valence-electron chi connectivity index (χ0n) is 15.5. The molecule has 5 nitrogen and oxygen atoms in total. The number of amides is 1. The normalized spacial score (nSPS) is 13.7. The van der Waals surface area contributed by atoms with Crippen molar-refractivity contribution in [3.8, 4) is 11.5 Å². The molecule has 142 valence electrons. The van der Waals surface area contributed by atoms with Gasteiger partial charge in [-0.05, 0) is 55.8 Å². The second-order valence-electron chi connectivity index (χ2n) is 6.31. The number of carbonyl (C=O) groups excluding carboxylic acids is 2. The molecule has 0 spiro atoms. The molecule has 0 aromatic heterocycles. The number of benzene rings is 2. The number of thioether (sulfide) groups is 1.